The van der Waals surface area contributed by atoms with Crippen molar-refractivity contribution < 1.29 is 4.79 Å². The van der Waals surface area contributed by atoms with E-state index in [2.05, 4.69) is 4.98 Å². The molecular formula is C11H6N2O. The van der Waals surface area contributed by atoms with Crippen molar-refractivity contribution in [2.45, 2.75) is 0 Å². The molecule has 1 aromatic heterocycles. The molecule has 66 valence electrons. The second kappa shape index (κ2) is 3.27. The summed E-state index contributed by atoms with van der Waals surface area (Å²) in [6.07, 6.45) is 2.12. The van der Waals surface area contributed by atoms with Gasteiger partial charge in [-0.3, -0.25) is 9.78 Å². The number of rotatable bonds is 1. The van der Waals surface area contributed by atoms with Crippen LogP contribution in [0.15, 0.2) is 30.5 Å². The summed E-state index contributed by atoms with van der Waals surface area (Å²) >= 11 is 0. The Morgan fingerprint density at radius 3 is 2.86 bits per heavy atom. The van der Waals surface area contributed by atoms with Crippen LogP contribution in [0, 0.1) is 11.3 Å². The van der Waals surface area contributed by atoms with E-state index in [0.717, 1.165) is 10.9 Å². The third-order valence-corrected chi connectivity index (χ3v) is 2.06. The summed E-state index contributed by atoms with van der Waals surface area (Å²) in [5, 5.41) is 9.48. The first kappa shape index (κ1) is 8.39. The molecule has 2 aromatic rings. The highest BCUT2D eigenvalue weighted by molar-refractivity contribution is 5.98. The van der Waals surface area contributed by atoms with Gasteiger partial charge in [-0.25, -0.2) is 0 Å². The fourth-order valence-electron chi connectivity index (χ4n) is 1.38. The Morgan fingerprint density at radius 1 is 1.36 bits per heavy atom. The molecule has 0 radical (unpaired) electrons. The van der Waals surface area contributed by atoms with Gasteiger partial charge in [0.05, 0.1) is 11.1 Å². The lowest BCUT2D eigenvalue weighted by Crippen LogP contribution is -1.91. The highest BCUT2D eigenvalue weighted by atomic mass is 16.1. The van der Waals surface area contributed by atoms with Crippen LogP contribution in [0.25, 0.3) is 10.9 Å². The minimum Gasteiger partial charge on any atom is -0.298 e. The Balaban J connectivity index is 2.92. The van der Waals surface area contributed by atoms with Crippen molar-refractivity contribution in [1.82, 2.24) is 4.98 Å². The second-order valence-corrected chi connectivity index (χ2v) is 2.83. The Labute approximate surface area is 80.6 Å². The molecule has 14 heavy (non-hydrogen) atoms. The number of hydrogen-bond acceptors (Lipinski definition) is 3. The minimum absolute atomic E-state index is 0.318. The first-order valence-electron chi connectivity index (χ1n) is 4.10. The number of nitrogens with zero attached hydrogens (tertiary/aromatic N) is 2. The van der Waals surface area contributed by atoms with E-state index < -0.39 is 0 Å². The van der Waals surface area contributed by atoms with E-state index in [9.17, 15) is 4.79 Å². The molecule has 0 spiro atoms. The smallest absolute Gasteiger partial charge is 0.152 e. The lowest BCUT2D eigenvalue weighted by atomic mass is 10.1. The maximum atomic E-state index is 10.8. The number of carbonyl (C=O) groups excluding carboxylic acids is 1. The van der Waals surface area contributed by atoms with Crippen molar-refractivity contribution in [3.8, 4) is 6.07 Å². The van der Waals surface area contributed by atoms with Crippen LogP contribution in [-0.4, -0.2) is 11.3 Å². The molecule has 0 N–H and O–H groups in total. The zero-order chi connectivity index (χ0) is 9.97. The molecule has 0 aliphatic heterocycles. The topological polar surface area (TPSA) is 53.8 Å². The monoisotopic (exact) mass is 182 g/mol. The molecule has 0 unspecified atom stereocenters. The predicted molar refractivity (Wildman–Crippen MR) is 51.8 cm³/mol. The van der Waals surface area contributed by atoms with Gasteiger partial charge in [-0.15, -0.1) is 0 Å². The molecule has 0 atom stereocenters. The van der Waals surface area contributed by atoms with Gasteiger partial charge < -0.3 is 0 Å². The Hall–Kier alpha value is -2.21. The minimum atomic E-state index is 0.318. The van der Waals surface area contributed by atoms with Gasteiger partial charge in [-0.1, -0.05) is 18.2 Å². The molecular weight excluding hydrogens is 176 g/mol. The van der Waals surface area contributed by atoms with Crippen LogP contribution in [0.1, 0.15) is 15.9 Å². The summed E-state index contributed by atoms with van der Waals surface area (Å²) in [5.41, 5.74) is 1.46. The largest absolute Gasteiger partial charge is 0.298 e. The van der Waals surface area contributed by atoms with Crippen molar-refractivity contribution in [1.29, 1.82) is 5.26 Å². The van der Waals surface area contributed by atoms with Crippen LogP contribution in [0.3, 0.4) is 0 Å². The summed E-state index contributed by atoms with van der Waals surface area (Å²) in [6, 6.07) is 9.20. The Morgan fingerprint density at radius 2 is 2.14 bits per heavy atom. The fourth-order valence-corrected chi connectivity index (χ4v) is 1.38. The number of nitriles is 1. The summed E-state index contributed by atoms with van der Waals surface area (Å²) in [6.45, 7) is 0. The molecule has 0 fully saturated rings. The van der Waals surface area contributed by atoms with Gasteiger partial charge in [0.25, 0.3) is 0 Å². The normalized spacial score (nSPS) is 9.64. The molecule has 1 aromatic carbocycles. The van der Waals surface area contributed by atoms with Gasteiger partial charge in [0.15, 0.2) is 6.29 Å². The number of aromatic nitrogens is 1. The van der Waals surface area contributed by atoms with Crippen molar-refractivity contribution in [2.75, 3.05) is 0 Å². The van der Waals surface area contributed by atoms with Crippen LogP contribution in [0.4, 0.5) is 0 Å². The maximum Gasteiger partial charge on any atom is 0.152 e. The number of fused-ring (bicyclic) bond motifs is 1. The Bertz CT molecular complexity index is 540. The van der Waals surface area contributed by atoms with Crippen molar-refractivity contribution in [3.05, 3.63) is 41.6 Å². The van der Waals surface area contributed by atoms with Crippen LogP contribution in [0.5, 0.6) is 0 Å². The Kier molecular flexibility index (Phi) is 1.96. The third kappa shape index (κ3) is 1.14. The van der Waals surface area contributed by atoms with E-state index in [4.69, 9.17) is 5.26 Å². The van der Waals surface area contributed by atoms with E-state index in [0.29, 0.717) is 17.4 Å². The third-order valence-electron chi connectivity index (χ3n) is 2.06. The summed E-state index contributed by atoms with van der Waals surface area (Å²) < 4.78 is 0. The summed E-state index contributed by atoms with van der Waals surface area (Å²) in [7, 11) is 0. The summed E-state index contributed by atoms with van der Waals surface area (Å²) in [4.78, 5) is 14.9. The average molecular weight is 182 g/mol. The number of hydrogen-bond donors (Lipinski definition) is 0. The van der Waals surface area contributed by atoms with E-state index in [-0.39, 0.29) is 0 Å². The zero-order valence-electron chi connectivity index (χ0n) is 7.27. The van der Waals surface area contributed by atoms with Crippen molar-refractivity contribution in [2.24, 2.45) is 0 Å². The quantitative estimate of drug-likeness (QED) is 0.633. The first-order valence-corrected chi connectivity index (χ1v) is 4.10. The molecule has 0 saturated carbocycles. The number of para-hydroxylation sites is 1. The average Bonchev–Trinajstić information content (AvgIpc) is 2.27. The fraction of sp³-hybridized carbons (Fsp3) is 0. The highest BCUT2D eigenvalue weighted by Crippen LogP contribution is 2.17. The molecule has 3 nitrogen and oxygen atoms in total. The standard InChI is InChI=1S/C11H6N2O/c12-5-8-6-13-11-4-2-1-3-9(11)10(8)7-14/h1-4,6-7H. The molecule has 0 aliphatic carbocycles. The molecule has 0 bridgehead atoms. The second-order valence-electron chi connectivity index (χ2n) is 2.83. The lowest BCUT2D eigenvalue weighted by Gasteiger charge is -2.00. The van der Waals surface area contributed by atoms with Gasteiger partial charge in [0, 0.05) is 17.1 Å². The number of benzene rings is 1. The predicted octanol–water partition coefficient (Wildman–Crippen LogP) is 1.92. The lowest BCUT2D eigenvalue weighted by molar-refractivity contribution is 0.112. The highest BCUT2D eigenvalue weighted by Gasteiger charge is 2.06. The van der Waals surface area contributed by atoms with E-state index >= 15 is 0 Å². The number of carbonyl (C=O) groups is 1. The van der Waals surface area contributed by atoms with Crippen LogP contribution in [0.2, 0.25) is 0 Å². The van der Waals surface area contributed by atoms with Crippen molar-refractivity contribution >= 4 is 17.2 Å². The van der Waals surface area contributed by atoms with E-state index in [1.807, 2.05) is 24.3 Å². The van der Waals surface area contributed by atoms with E-state index in [1.165, 1.54) is 6.20 Å². The van der Waals surface area contributed by atoms with Gasteiger partial charge in [0.2, 0.25) is 0 Å². The van der Waals surface area contributed by atoms with Crippen molar-refractivity contribution in [3.63, 3.8) is 0 Å². The molecule has 0 saturated heterocycles. The number of pyridine rings is 1. The molecule has 3 heteroatoms. The van der Waals surface area contributed by atoms with E-state index in [1.54, 1.807) is 6.07 Å². The summed E-state index contributed by atoms with van der Waals surface area (Å²) in [5.74, 6) is 0. The molecule has 0 aliphatic rings. The van der Waals surface area contributed by atoms with Gasteiger partial charge in [-0.05, 0) is 6.07 Å². The van der Waals surface area contributed by atoms with Crippen LogP contribution >= 0.6 is 0 Å². The van der Waals surface area contributed by atoms with Gasteiger partial charge >= 0.3 is 0 Å². The molecule has 2 rings (SSSR count). The van der Waals surface area contributed by atoms with Crippen LogP contribution in [-0.2, 0) is 0 Å². The SMILES string of the molecule is N#Cc1cnc2ccccc2c1C=O. The van der Waals surface area contributed by atoms with Crippen LogP contribution < -0.4 is 0 Å². The maximum absolute atomic E-state index is 10.8. The molecule has 0 amide bonds. The van der Waals surface area contributed by atoms with Gasteiger partial charge in [-0.2, -0.15) is 5.26 Å². The molecule has 1 heterocycles. The van der Waals surface area contributed by atoms with Gasteiger partial charge in [0.1, 0.15) is 6.07 Å². The zero-order valence-corrected chi connectivity index (χ0v) is 7.27. The number of aldehydes is 1. The first-order chi connectivity index (χ1) is 6.86.